The predicted octanol–water partition coefficient (Wildman–Crippen LogP) is 1.82. The van der Waals surface area contributed by atoms with Crippen LogP contribution in [0.1, 0.15) is 67.4 Å². The highest BCUT2D eigenvalue weighted by atomic mass is 16.2. The van der Waals surface area contributed by atoms with Gasteiger partial charge in [0.1, 0.15) is 0 Å². The Labute approximate surface area is 137 Å². The van der Waals surface area contributed by atoms with Gasteiger partial charge in [0.25, 0.3) is 5.91 Å². The molecule has 1 aliphatic heterocycles. The standard InChI is InChI=1S/C17H26N4O2/c1-3-21-10-13(9-15(21)22)18-17(23)14-11-20(2)19-16(14)12-7-5-4-6-8-12/h11-13H,3-10H2,1-2H3,(H,18,23). The van der Waals surface area contributed by atoms with Crippen molar-refractivity contribution < 1.29 is 9.59 Å². The number of hydrogen-bond acceptors (Lipinski definition) is 3. The summed E-state index contributed by atoms with van der Waals surface area (Å²) in [7, 11) is 1.86. The Hall–Kier alpha value is -1.85. The van der Waals surface area contributed by atoms with Crippen LogP contribution in [0.25, 0.3) is 0 Å². The molecule has 2 heterocycles. The number of aryl methyl sites for hydroxylation is 1. The van der Waals surface area contributed by atoms with Crippen molar-refractivity contribution in [2.24, 2.45) is 7.05 Å². The van der Waals surface area contributed by atoms with Crippen molar-refractivity contribution in [2.45, 2.75) is 57.4 Å². The molecule has 0 spiro atoms. The minimum Gasteiger partial charge on any atom is -0.347 e. The van der Waals surface area contributed by atoms with Crippen LogP contribution in [0.2, 0.25) is 0 Å². The minimum absolute atomic E-state index is 0.0885. The summed E-state index contributed by atoms with van der Waals surface area (Å²) in [6.07, 6.45) is 8.15. The van der Waals surface area contributed by atoms with Gasteiger partial charge in [0.05, 0.1) is 17.3 Å². The highest BCUT2D eigenvalue weighted by molar-refractivity contribution is 5.96. The Morgan fingerprint density at radius 1 is 1.35 bits per heavy atom. The molecular weight excluding hydrogens is 292 g/mol. The van der Waals surface area contributed by atoms with E-state index in [4.69, 9.17) is 0 Å². The van der Waals surface area contributed by atoms with Crippen molar-refractivity contribution in [2.75, 3.05) is 13.1 Å². The van der Waals surface area contributed by atoms with E-state index in [2.05, 4.69) is 10.4 Å². The van der Waals surface area contributed by atoms with Crippen molar-refractivity contribution in [3.8, 4) is 0 Å². The number of amides is 2. The third-order valence-corrected chi connectivity index (χ3v) is 5.03. The van der Waals surface area contributed by atoms with E-state index < -0.39 is 0 Å². The van der Waals surface area contributed by atoms with Gasteiger partial charge in [0.2, 0.25) is 5.91 Å². The Morgan fingerprint density at radius 3 is 2.74 bits per heavy atom. The van der Waals surface area contributed by atoms with Gasteiger partial charge in [0, 0.05) is 38.7 Å². The van der Waals surface area contributed by atoms with Gasteiger partial charge in [-0.25, -0.2) is 0 Å². The van der Waals surface area contributed by atoms with Gasteiger partial charge in [-0.2, -0.15) is 5.10 Å². The lowest BCUT2D eigenvalue weighted by Gasteiger charge is -2.21. The first-order valence-corrected chi connectivity index (χ1v) is 8.70. The number of carbonyl (C=O) groups is 2. The van der Waals surface area contributed by atoms with Gasteiger partial charge >= 0.3 is 0 Å². The second kappa shape index (κ2) is 6.72. The maximum Gasteiger partial charge on any atom is 0.255 e. The Balaban J connectivity index is 1.71. The molecule has 1 atom stereocenters. The summed E-state index contributed by atoms with van der Waals surface area (Å²) in [6.45, 7) is 3.27. The lowest BCUT2D eigenvalue weighted by molar-refractivity contribution is -0.127. The van der Waals surface area contributed by atoms with Crippen LogP contribution >= 0.6 is 0 Å². The smallest absolute Gasteiger partial charge is 0.255 e. The molecule has 2 aliphatic rings. The summed E-state index contributed by atoms with van der Waals surface area (Å²) in [4.78, 5) is 26.3. The third-order valence-electron chi connectivity index (χ3n) is 5.03. The predicted molar refractivity (Wildman–Crippen MR) is 87.2 cm³/mol. The maximum atomic E-state index is 12.7. The van der Waals surface area contributed by atoms with Crippen molar-refractivity contribution in [3.63, 3.8) is 0 Å². The largest absolute Gasteiger partial charge is 0.347 e. The van der Waals surface area contributed by atoms with Crippen LogP contribution in [0.5, 0.6) is 0 Å². The van der Waals surface area contributed by atoms with Crippen LogP contribution in [0.15, 0.2) is 6.20 Å². The van der Waals surface area contributed by atoms with E-state index in [-0.39, 0.29) is 17.9 Å². The maximum absolute atomic E-state index is 12.7. The summed E-state index contributed by atoms with van der Waals surface area (Å²) >= 11 is 0. The number of aromatic nitrogens is 2. The lowest BCUT2D eigenvalue weighted by Crippen LogP contribution is -2.37. The van der Waals surface area contributed by atoms with Crippen LogP contribution in [0.4, 0.5) is 0 Å². The first-order valence-electron chi connectivity index (χ1n) is 8.70. The zero-order valence-electron chi connectivity index (χ0n) is 14.0. The first kappa shape index (κ1) is 16.0. The average Bonchev–Trinajstić information content (AvgIpc) is 3.10. The minimum atomic E-state index is -0.0886. The second-order valence-corrected chi connectivity index (χ2v) is 6.74. The Kier molecular flexibility index (Phi) is 4.68. The molecule has 2 fully saturated rings. The fourth-order valence-electron chi connectivity index (χ4n) is 3.80. The second-order valence-electron chi connectivity index (χ2n) is 6.74. The summed E-state index contributed by atoms with van der Waals surface area (Å²) < 4.78 is 1.73. The zero-order valence-corrected chi connectivity index (χ0v) is 14.0. The first-order chi connectivity index (χ1) is 11.1. The molecule has 126 valence electrons. The molecular formula is C17H26N4O2. The van der Waals surface area contributed by atoms with Crippen molar-refractivity contribution >= 4 is 11.8 Å². The molecule has 1 aliphatic carbocycles. The average molecular weight is 318 g/mol. The summed E-state index contributed by atoms with van der Waals surface area (Å²) in [5.74, 6) is 0.425. The molecule has 0 aromatic carbocycles. The zero-order chi connectivity index (χ0) is 16.4. The van der Waals surface area contributed by atoms with Gasteiger partial charge in [-0.1, -0.05) is 19.3 Å². The molecule has 1 aromatic rings. The molecule has 1 saturated carbocycles. The molecule has 1 saturated heterocycles. The number of rotatable bonds is 4. The molecule has 1 N–H and O–H groups in total. The van der Waals surface area contributed by atoms with Gasteiger partial charge in [-0.3, -0.25) is 14.3 Å². The molecule has 23 heavy (non-hydrogen) atoms. The van der Waals surface area contributed by atoms with E-state index >= 15 is 0 Å². The molecule has 2 amide bonds. The van der Waals surface area contributed by atoms with Crippen LogP contribution in [0, 0.1) is 0 Å². The van der Waals surface area contributed by atoms with Crippen LogP contribution in [-0.4, -0.2) is 45.6 Å². The van der Waals surface area contributed by atoms with Gasteiger partial charge in [-0.15, -0.1) is 0 Å². The highest BCUT2D eigenvalue weighted by Gasteiger charge is 2.31. The number of likely N-dealkylation sites (N-methyl/N-ethyl adjacent to an activating group) is 1. The number of hydrogen-bond donors (Lipinski definition) is 1. The van der Waals surface area contributed by atoms with Crippen LogP contribution in [0.3, 0.4) is 0 Å². The van der Waals surface area contributed by atoms with Gasteiger partial charge < -0.3 is 10.2 Å². The molecule has 6 heteroatoms. The van der Waals surface area contributed by atoms with Crippen molar-refractivity contribution in [1.82, 2.24) is 20.0 Å². The third kappa shape index (κ3) is 3.41. The number of likely N-dealkylation sites (tertiary alicyclic amines) is 1. The highest BCUT2D eigenvalue weighted by Crippen LogP contribution is 2.33. The SMILES string of the molecule is CCN1CC(NC(=O)c2cn(C)nc2C2CCCCC2)CC1=O. The fraction of sp³-hybridized carbons (Fsp3) is 0.706. The number of nitrogens with one attached hydrogen (secondary N) is 1. The molecule has 0 radical (unpaired) electrons. The lowest BCUT2D eigenvalue weighted by atomic mass is 9.85. The molecule has 1 unspecified atom stereocenters. The number of nitrogens with zero attached hydrogens (tertiary/aromatic N) is 3. The summed E-state index contributed by atoms with van der Waals surface area (Å²) in [5, 5.41) is 7.58. The monoisotopic (exact) mass is 318 g/mol. The fourth-order valence-corrected chi connectivity index (χ4v) is 3.80. The van der Waals surface area contributed by atoms with E-state index in [1.807, 2.05) is 20.2 Å². The molecule has 3 rings (SSSR count). The van der Waals surface area contributed by atoms with Gasteiger partial charge in [0.15, 0.2) is 0 Å². The van der Waals surface area contributed by atoms with E-state index in [0.717, 1.165) is 18.5 Å². The molecule has 0 bridgehead atoms. The van der Waals surface area contributed by atoms with E-state index in [1.165, 1.54) is 19.3 Å². The molecule has 1 aromatic heterocycles. The quantitative estimate of drug-likeness (QED) is 0.921. The van der Waals surface area contributed by atoms with Crippen LogP contribution in [-0.2, 0) is 11.8 Å². The van der Waals surface area contributed by atoms with Crippen molar-refractivity contribution in [1.29, 1.82) is 0 Å². The normalized spacial score (nSPS) is 22.6. The summed E-state index contributed by atoms with van der Waals surface area (Å²) in [5.41, 5.74) is 1.61. The van der Waals surface area contributed by atoms with Gasteiger partial charge in [-0.05, 0) is 19.8 Å². The molecule has 6 nitrogen and oxygen atoms in total. The Morgan fingerprint density at radius 2 is 2.09 bits per heavy atom. The summed E-state index contributed by atoms with van der Waals surface area (Å²) in [6, 6.07) is -0.0886. The van der Waals surface area contributed by atoms with E-state index in [1.54, 1.807) is 9.58 Å². The van der Waals surface area contributed by atoms with E-state index in [9.17, 15) is 9.59 Å². The van der Waals surface area contributed by atoms with Crippen molar-refractivity contribution in [3.05, 3.63) is 17.5 Å². The van der Waals surface area contributed by atoms with E-state index in [0.29, 0.717) is 31.0 Å². The Bertz CT molecular complexity index is 589. The van der Waals surface area contributed by atoms with Crippen LogP contribution < -0.4 is 5.32 Å². The number of carbonyl (C=O) groups excluding carboxylic acids is 2. The topological polar surface area (TPSA) is 67.2 Å².